The zero-order valence-corrected chi connectivity index (χ0v) is 10.8. The van der Waals surface area contributed by atoms with Gasteiger partial charge in [-0.15, -0.1) is 4.40 Å². The summed E-state index contributed by atoms with van der Waals surface area (Å²) >= 11 is 0. The smallest absolute Gasteiger partial charge is 0.285 e. The first-order valence-electron chi connectivity index (χ1n) is 5.36. The highest BCUT2D eigenvalue weighted by atomic mass is 32.2. The quantitative estimate of drug-likeness (QED) is 0.621. The zero-order chi connectivity index (χ0) is 12.9. The fourth-order valence-electron chi connectivity index (χ4n) is 1.18. The second kappa shape index (κ2) is 5.67. The predicted molar refractivity (Wildman–Crippen MR) is 68.3 cm³/mol. The molecule has 0 spiro atoms. The summed E-state index contributed by atoms with van der Waals surface area (Å²) in [5.74, 6) is -0.0765. The minimum Gasteiger partial charge on any atom is -0.369 e. The molecule has 0 unspecified atom stereocenters. The van der Waals surface area contributed by atoms with Gasteiger partial charge < -0.3 is 11.1 Å². The van der Waals surface area contributed by atoms with Crippen LogP contribution in [0, 0.1) is 6.92 Å². The highest BCUT2D eigenvalue weighted by molar-refractivity contribution is 7.90. The van der Waals surface area contributed by atoms with Crippen LogP contribution >= 0.6 is 0 Å². The zero-order valence-electron chi connectivity index (χ0n) is 9.97. The van der Waals surface area contributed by atoms with Crippen molar-refractivity contribution in [3.05, 3.63) is 29.8 Å². The minimum atomic E-state index is -3.71. The standard InChI is InChI=1S/C11H17N3O2S/c1-3-8-13-11(12)14-17(15,16)10-6-4-9(2)5-7-10/h4-7H,3,8H2,1-2H3,(H3,12,13,14). The molecule has 0 fully saturated rings. The average Bonchev–Trinajstić information content (AvgIpc) is 2.26. The number of nitrogens with zero attached hydrogens (tertiary/aromatic N) is 1. The summed E-state index contributed by atoms with van der Waals surface area (Å²) in [5, 5.41) is 2.72. The van der Waals surface area contributed by atoms with Crippen LogP contribution in [0.4, 0.5) is 0 Å². The van der Waals surface area contributed by atoms with Gasteiger partial charge in [0.15, 0.2) is 0 Å². The number of nitrogens with two attached hydrogens (primary N) is 1. The second-order valence-electron chi connectivity index (χ2n) is 3.69. The van der Waals surface area contributed by atoms with Crippen LogP contribution in [-0.4, -0.2) is 20.9 Å². The van der Waals surface area contributed by atoms with Crippen LogP contribution < -0.4 is 11.1 Å². The molecule has 0 amide bonds. The minimum absolute atomic E-state index is 0.0765. The van der Waals surface area contributed by atoms with Gasteiger partial charge in [-0.05, 0) is 25.5 Å². The van der Waals surface area contributed by atoms with E-state index in [4.69, 9.17) is 5.73 Å². The Balaban J connectivity index is 2.92. The van der Waals surface area contributed by atoms with E-state index >= 15 is 0 Å². The van der Waals surface area contributed by atoms with Gasteiger partial charge in [-0.25, -0.2) is 0 Å². The number of benzene rings is 1. The van der Waals surface area contributed by atoms with Crippen molar-refractivity contribution in [2.24, 2.45) is 10.1 Å². The lowest BCUT2D eigenvalue weighted by atomic mass is 10.2. The van der Waals surface area contributed by atoms with E-state index in [0.717, 1.165) is 12.0 Å². The number of aryl methyl sites for hydroxylation is 1. The fraction of sp³-hybridized carbons (Fsp3) is 0.364. The van der Waals surface area contributed by atoms with E-state index in [9.17, 15) is 8.42 Å². The third-order valence-electron chi connectivity index (χ3n) is 2.09. The van der Waals surface area contributed by atoms with Gasteiger partial charge in [-0.3, -0.25) is 0 Å². The van der Waals surface area contributed by atoms with Gasteiger partial charge >= 0.3 is 0 Å². The topological polar surface area (TPSA) is 84.5 Å². The normalized spacial score (nSPS) is 12.5. The Hall–Kier alpha value is -1.56. The second-order valence-corrected chi connectivity index (χ2v) is 5.30. The van der Waals surface area contributed by atoms with Crippen molar-refractivity contribution in [2.45, 2.75) is 25.2 Å². The highest BCUT2D eigenvalue weighted by Gasteiger charge is 2.12. The maximum Gasteiger partial charge on any atom is 0.285 e. The van der Waals surface area contributed by atoms with E-state index in [1.165, 1.54) is 12.1 Å². The lowest BCUT2D eigenvalue weighted by Gasteiger charge is -2.04. The first kappa shape index (κ1) is 13.5. The molecule has 0 aliphatic carbocycles. The summed E-state index contributed by atoms with van der Waals surface area (Å²) in [7, 11) is -3.71. The van der Waals surface area contributed by atoms with Crippen molar-refractivity contribution in [3.8, 4) is 0 Å². The highest BCUT2D eigenvalue weighted by Crippen LogP contribution is 2.12. The molecule has 6 heteroatoms. The molecule has 0 heterocycles. The van der Waals surface area contributed by atoms with Crippen LogP contribution in [0.1, 0.15) is 18.9 Å². The Kier molecular flexibility index (Phi) is 4.51. The van der Waals surface area contributed by atoms with Crippen LogP contribution in [0.25, 0.3) is 0 Å². The Morgan fingerprint density at radius 3 is 2.47 bits per heavy atom. The van der Waals surface area contributed by atoms with E-state index in [1.807, 2.05) is 13.8 Å². The number of rotatable bonds is 4. The summed E-state index contributed by atoms with van der Waals surface area (Å²) in [4.78, 5) is 0.143. The Labute approximate surface area is 102 Å². The number of hydrogen-bond acceptors (Lipinski definition) is 2. The predicted octanol–water partition coefficient (Wildman–Crippen LogP) is 0.998. The Morgan fingerprint density at radius 1 is 1.35 bits per heavy atom. The van der Waals surface area contributed by atoms with Crippen LogP contribution in [0.15, 0.2) is 33.6 Å². The molecule has 0 aliphatic rings. The summed E-state index contributed by atoms with van der Waals surface area (Å²) in [6, 6.07) is 6.47. The molecule has 0 saturated carbocycles. The average molecular weight is 255 g/mol. The summed E-state index contributed by atoms with van der Waals surface area (Å²) in [6.07, 6.45) is 0.848. The third-order valence-corrected chi connectivity index (χ3v) is 3.40. The lowest BCUT2D eigenvalue weighted by Crippen LogP contribution is -2.32. The molecule has 0 aliphatic heterocycles. The van der Waals surface area contributed by atoms with Gasteiger partial charge in [0.2, 0.25) is 5.96 Å². The molecule has 5 nitrogen and oxygen atoms in total. The number of sulfonamides is 1. The van der Waals surface area contributed by atoms with Gasteiger partial charge in [0.1, 0.15) is 0 Å². The number of guanidine groups is 1. The van der Waals surface area contributed by atoms with Gasteiger partial charge in [0.25, 0.3) is 10.0 Å². The summed E-state index contributed by atoms with van der Waals surface area (Å²) in [6.45, 7) is 4.43. The van der Waals surface area contributed by atoms with Gasteiger partial charge in [-0.2, -0.15) is 8.42 Å². The van der Waals surface area contributed by atoms with E-state index in [0.29, 0.717) is 6.54 Å². The Morgan fingerprint density at radius 2 is 1.94 bits per heavy atom. The molecule has 0 bridgehead atoms. The molecule has 17 heavy (non-hydrogen) atoms. The monoisotopic (exact) mass is 255 g/mol. The third kappa shape index (κ3) is 4.07. The Bertz CT molecular complexity index is 492. The van der Waals surface area contributed by atoms with Crippen LogP contribution in [0.5, 0.6) is 0 Å². The van der Waals surface area contributed by atoms with Crippen molar-refractivity contribution >= 4 is 16.0 Å². The largest absolute Gasteiger partial charge is 0.369 e. The van der Waals surface area contributed by atoms with Crippen LogP contribution in [0.3, 0.4) is 0 Å². The molecular formula is C11H17N3O2S. The van der Waals surface area contributed by atoms with Crippen molar-refractivity contribution in [2.75, 3.05) is 6.54 Å². The first-order chi connectivity index (χ1) is 7.95. The van der Waals surface area contributed by atoms with E-state index in [-0.39, 0.29) is 10.9 Å². The van der Waals surface area contributed by atoms with Crippen molar-refractivity contribution in [1.29, 1.82) is 0 Å². The summed E-state index contributed by atoms with van der Waals surface area (Å²) < 4.78 is 27.1. The molecule has 3 N–H and O–H groups in total. The fourth-order valence-corrected chi connectivity index (χ4v) is 2.09. The molecule has 1 aromatic carbocycles. The maximum atomic E-state index is 11.8. The SMILES string of the molecule is CCCN/C(N)=N/S(=O)(=O)c1ccc(C)cc1. The number of nitrogens with one attached hydrogen (secondary N) is 1. The molecule has 0 aromatic heterocycles. The van der Waals surface area contributed by atoms with E-state index < -0.39 is 10.0 Å². The van der Waals surface area contributed by atoms with E-state index in [1.54, 1.807) is 12.1 Å². The van der Waals surface area contributed by atoms with Gasteiger partial charge in [0, 0.05) is 6.54 Å². The number of hydrogen-bond donors (Lipinski definition) is 2. The summed E-state index contributed by atoms with van der Waals surface area (Å²) in [5.41, 5.74) is 6.46. The van der Waals surface area contributed by atoms with Crippen molar-refractivity contribution in [1.82, 2.24) is 5.32 Å². The lowest BCUT2D eigenvalue weighted by molar-refractivity contribution is 0.597. The molecule has 0 atom stereocenters. The van der Waals surface area contributed by atoms with Gasteiger partial charge in [0.05, 0.1) is 4.90 Å². The molecule has 1 rings (SSSR count). The van der Waals surface area contributed by atoms with Crippen molar-refractivity contribution in [3.63, 3.8) is 0 Å². The van der Waals surface area contributed by atoms with Crippen molar-refractivity contribution < 1.29 is 8.42 Å². The molecule has 1 aromatic rings. The van der Waals surface area contributed by atoms with E-state index in [2.05, 4.69) is 9.71 Å². The van der Waals surface area contributed by atoms with Gasteiger partial charge in [-0.1, -0.05) is 24.6 Å². The van der Waals surface area contributed by atoms with Crippen LogP contribution in [0.2, 0.25) is 0 Å². The van der Waals surface area contributed by atoms with Crippen LogP contribution in [-0.2, 0) is 10.0 Å². The molecule has 94 valence electrons. The molecule has 0 radical (unpaired) electrons. The molecular weight excluding hydrogens is 238 g/mol. The first-order valence-corrected chi connectivity index (χ1v) is 6.80. The molecule has 0 saturated heterocycles. The maximum absolute atomic E-state index is 11.8.